The number of amides is 1. The third kappa shape index (κ3) is 4.28. The summed E-state index contributed by atoms with van der Waals surface area (Å²) in [6.45, 7) is 6.29. The van der Waals surface area contributed by atoms with Gasteiger partial charge in [-0.15, -0.1) is 12.4 Å². The molecule has 0 aromatic rings. The molecular formula is C11H23ClN2O2. The summed E-state index contributed by atoms with van der Waals surface area (Å²) in [6, 6.07) is -0.377. The highest BCUT2D eigenvalue weighted by molar-refractivity contribution is 5.85. The summed E-state index contributed by atoms with van der Waals surface area (Å²) in [7, 11) is 1.82. The van der Waals surface area contributed by atoms with Gasteiger partial charge in [-0.1, -0.05) is 13.8 Å². The van der Waals surface area contributed by atoms with E-state index in [4.69, 9.17) is 10.5 Å². The van der Waals surface area contributed by atoms with Crippen molar-refractivity contribution in [2.24, 2.45) is 17.6 Å². The van der Waals surface area contributed by atoms with E-state index in [9.17, 15) is 4.79 Å². The van der Waals surface area contributed by atoms with Crippen LogP contribution in [0, 0.1) is 11.8 Å². The third-order valence-electron chi connectivity index (χ3n) is 2.94. The predicted molar refractivity (Wildman–Crippen MR) is 66.6 cm³/mol. The van der Waals surface area contributed by atoms with Crippen LogP contribution in [0.25, 0.3) is 0 Å². The standard InChI is InChI=1S/C11H22N2O2.ClH/c1-8(2)10(12)11(14)13(3)6-9-4-5-15-7-9;/h8-10H,4-7,12H2,1-3H3;1H/t9?,10-;/m1./s1. The van der Waals surface area contributed by atoms with Crippen molar-refractivity contribution in [1.29, 1.82) is 0 Å². The van der Waals surface area contributed by atoms with Gasteiger partial charge in [-0.2, -0.15) is 0 Å². The molecule has 1 amide bonds. The second kappa shape index (κ2) is 7.09. The minimum atomic E-state index is -0.377. The maximum absolute atomic E-state index is 11.8. The molecular weight excluding hydrogens is 228 g/mol. The van der Waals surface area contributed by atoms with Gasteiger partial charge in [0.05, 0.1) is 12.6 Å². The van der Waals surface area contributed by atoms with E-state index in [1.165, 1.54) is 0 Å². The van der Waals surface area contributed by atoms with Crippen molar-refractivity contribution < 1.29 is 9.53 Å². The molecule has 16 heavy (non-hydrogen) atoms. The van der Waals surface area contributed by atoms with Gasteiger partial charge in [0.15, 0.2) is 0 Å². The van der Waals surface area contributed by atoms with E-state index in [0.717, 1.165) is 26.2 Å². The number of rotatable bonds is 4. The molecule has 2 atom stereocenters. The smallest absolute Gasteiger partial charge is 0.239 e. The molecule has 4 nitrogen and oxygen atoms in total. The van der Waals surface area contributed by atoms with Crippen LogP contribution in [0.15, 0.2) is 0 Å². The van der Waals surface area contributed by atoms with Crippen LogP contribution in [0.1, 0.15) is 20.3 Å². The summed E-state index contributed by atoms with van der Waals surface area (Å²) in [5, 5.41) is 0. The lowest BCUT2D eigenvalue weighted by Gasteiger charge is -2.25. The molecule has 5 heteroatoms. The van der Waals surface area contributed by atoms with Crippen LogP contribution >= 0.6 is 12.4 Å². The first-order valence-corrected chi connectivity index (χ1v) is 5.60. The summed E-state index contributed by atoms with van der Waals surface area (Å²) in [5.74, 6) is 0.718. The summed E-state index contributed by atoms with van der Waals surface area (Å²) in [5.41, 5.74) is 5.81. The Balaban J connectivity index is 0.00000225. The van der Waals surface area contributed by atoms with Gasteiger partial charge in [-0.25, -0.2) is 0 Å². The van der Waals surface area contributed by atoms with Gasteiger partial charge >= 0.3 is 0 Å². The highest BCUT2D eigenvalue weighted by atomic mass is 35.5. The third-order valence-corrected chi connectivity index (χ3v) is 2.94. The number of nitrogens with zero attached hydrogens (tertiary/aromatic N) is 1. The second-order valence-corrected chi connectivity index (χ2v) is 4.72. The molecule has 1 aliphatic heterocycles. The molecule has 0 aromatic carbocycles. The van der Waals surface area contributed by atoms with E-state index in [1.54, 1.807) is 4.90 Å². The Morgan fingerprint density at radius 2 is 2.19 bits per heavy atom. The fourth-order valence-corrected chi connectivity index (χ4v) is 1.74. The van der Waals surface area contributed by atoms with Crippen molar-refractivity contribution in [3.8, 4) is 0 Å². The number of hydrogen-bond acceptors (Lipinski definition) is 3. The Labute approximate surface area is 104 Å². The zero-order chi connectivity index (χ0) is 11.4. The number of carbonyl (C=O) groups is 1. The fraction of sp³-hybridized carbons (Fsp3) is 0.909. The second-order valence-electron chi connectivity index (χ2n) is 4.72. The van der Waals surface area contributed by atoms with Crippen molar-refractivity contribution in [3.63, 3.8) is 0 Å². The Morgan fingerprint density at radius 3 is 2.62 bits per heavy atom. The van der Waals surface area contributed by atoms with E-state index in [2.05, 4.69) is 0 Å². The van der Waals surface area contributed by atoms with Crippen molar-refractivity contribution in [2.45, 2.75) is 26.3 Å². The molecule has 1 saturated heterocycles. The number of ether oxygens (including phenoxy) is 1. The minimum absolute atomic E-state index is 0. The van der Waals surface area contributed by atoms with Gasteiger partial charge < -0.3 is 15.4 Å². The average molecular weight is 251 g/mol. The largest absolute Gasteiger partial charge is 0.381 e. The topological polar surface area (TPSA) is 55.6 Å². The Morgan fingerprint density at radius 1 is 1.56 bits per heavy atom. The van der Waals surface area contributed by atoms with Crippen LogP contribution in [-0.4, -0.2) is 43.7 Å². The number of likely N-dealkylation sites (N-methyl/N-ethyl adjacent to an activating group) is 1. The number of carbonyl (C=O) groups excluding carboxylic acids is 1. The fourth-order valence-electron chi connectivity index (χ4n) is 1.74. The van der Waals surface area contributed by atoms with E-state index in [0.29, 0.717) is 5.92 Å². The van der Waals surface area contributed by atoms with Crippen LogP contribution in [0.2, 0.25) is 0 Å². The summed E-state index contributed by atoms with van der Waals surface area (Å²) < 4.78 is 5.28. The Kier molecular flexibility index (Phi) is 6.95. The van der Waals surface area contributed by atoms with Gasteiger partial charge in [0.25, 0.3) is 0 Å². The lowest BCUT2D eigenvalue weighted by Crippen LogP contribution is -2.46. The van der Waals surface area contributed by atoms with Crippen molar-refractivity contribution >= 4 is 18.3 Å². The lowest BCUT2D eigenvalue weighted by atomic mass is 10.0. The molecule has 0 aliphatic carbocycles. The number of nitrogens with two attached hydrogens (primary N) is 1. The lowest BCUT2D eigenvalue weighted by molar-refractivity contribution is -0.132. The first-order chi connectivity index (χ1) is 7.02. The van der Waals surface area contributed by atoms with Gasteiger partial charge in [0.1, 0.15) is 0 Å². The molecule has 0 spiro atoms. The SMILES string of the molecule is CC(C)[C@@H](N)C(=O)N(C)CC1CCOC1.Cl. The van der Waals surface area contributed by atoms with Gasteiger partial charge in [0.2, 0.25) is 5.91 Å². The number of halogens is 1. The normalized spacial score (nSPS) is 21.7. The van der Waals surface area contributed by atoms with E-state index >= 15 is 0 Å². The molecule has 1 unspecified atom stereocenters. The van der Waals surface area contributed by atoms with Crippen molar-refractivity contribution in [1.82, 2.24) is 4.90 Å². The molecule has 1 rings (SSSR count). The first kappa shape index (κ1) is 15.7. The first-order valence-electron chi connectivity index (χ1n) is 5.60. The highest BCUT2D eigenvalue weighted by Gasteiger charge is 2.24. The zero-order valence-electron chi connectivity index (χ0n) is 10.3. The molecule has 1 fully saturated rings. The van der Waals surface area contributed by atoms with Crippen molar-refractivity contribution in [3.05, 3.63) is 0 Å². The molecule has 1 aliphatic rings. The maximum Gasteiger partial charge on any atom is 0.239 e. The predicted octanol–water partition coefficient (Wildman–Crippen LogP) is 0.886. The average Bonchev–Trinajstić information content (AvgIpc) is 2.67. The van der Waals surface area contributed by atoms with Crippen LogP contribution in [0.3, 0.4) is 0 Å². The zero-order valence-corrected chi connectivity index (χ0v) is 11.1. The van der Waals surface area contributed by atoms with E-state index in [1.807, 2.05) is 20.9 Å². The Bertz CT molecular complexity index is 218. The summed E-state index contributed by atoms with van der Waals surface area (Å²) >= 11 is 0. The van der Waals surface area contributed by atoms with Crippen LogP contribution in [0.5, 0.6) is 0 Å². The van der Waals surface area contributed by atoms with Crippen molar-refractivity contribution in [2.75, 3.05) is 26.8 Å². The molecule has 2 N–H and O–H groups in total. The Hall–Kier alpha value is -0.320. The van der Waals surface area contributed by atoms with E-state index in [-0.39, 0.29) is 30.3 Å². The highest BCUT2D eigenvalue weighted by Crippen LogP contribution is 2.14. The monoisotopic (exact) mass is 250 g/mol. The molecule has 96 valence electrons. The minimum Gasteiger partial charge on any atom is -0.381 e. The van der Waals surface area contributed by atoms with Crippen LogP contribution in [0.4, 0.5) is 0 Å². The van der Waals surface area contributed by atoms with Gasteiger partial charge in [-0.3, -0.25) is 4.79 Å². The molecule has 0 aromatic heterocycles. The maximum atomic E-state index is 11.8. The summed E-state index contributed by atoms with van der Waals surface area (Å²) in [6.07, 6.45) is 1.05. The molecule has 1 heterocycles. The van der Waals surface area contributed by atoms with Gasteiger partial charge in [-0.05, 0) is 12.3 Å². The van der Waals surface area contributed by atoms with Crippen LogP contribution < -0.4 is 5.73 Å². The number of hydrogen-bond donors (Lipinski definition) is 1. The molecule has 0 bridgehead atoms. The molecule has 0 radical (unpaired) electrons. The van der Waals surface area contributed by atoms with E-state index < -0.39 is 0 Å². The molecule has 0 saturated carbocycles. The summed E-state index contributed by atoms with van der Waals surface area (Å²) in [4.78, 5) is 13.6. The van der Waals surface area contributed by atoms with Crippen LogP contribution in [-0.2, 0) is 9.53 Å². The quantitative estimate of drug-likeness (QED) is 0.806. The van der Waals surface area contributed by atoms with Gasteiger partial charge in [0, 0.05) is 26.1 Å².